The number of nitrogens with one attached hydrogen (secondary N) is 1. The standard InChI is InChI=1S/C24H32N2O3/c1-4-23(29-21-9-5-18(2)6-10-21)24(27)25-17-19-7-11-20(12-8-19)28-22-13-15-26(3)16-14-22/h5-12,22-23H,4,13-17H2,1-3H3,(H,25,27). The normalized spacial score (nSPS) is 16.2. The molecule has 1 aliphatic heterocycles. The predicted molar refractivity (Wildman–Crippen MR) is 115 cm³/mol. The minimum absolute atomic E-state index is 0.0975. The molecule has 1 atom stereocenters. The number of ether oxygens (including phenoxy) is 2. The van der Waals surface area contributed by atoms with Crippen LogP contribution in [0.15, 0.2) is 48.5 Å². The summed E-state index contributed by atoms with van der Waals surface area (Å²) >= 11 is 0. The highest BCUT2D eigenvalue weighted by Crippen LogP contribution is 2.19. The molecule has 1 aliphatic rings. The van der Waals surface area contributed by atoms with Crippen LogP contribution in [0.3, 0.4) is 0 Å². The first-order valence-corrected chi connectivity index (χ1v) is 10.5. The van der Waals surface area contributed by atoms with E-state index in [1.54, 1.807) is 0 Å². The van der Waals surface area contributed by atoms with Crippen LogP contribution in [0.5, 0.6) is 11.5 Å². The molecule has 2 aromatic rings. The maximum atomic E-state index is 12.5. The van der Waals surface area contributed by atoms with Gasteiger partial charge in [0, 0.05) is 19.6 Å². The molecule has 0 spiro atoms. The van der Waals surface area contributed by atoms with Crippen molar-refractivity contribution in [2.45, 2.75) is 51.9 Å². The van der Waals surface area contributed by atoms with Crippen molar-refractivity contribution in [3.63, 3.8) is 0 Å². The number of amides is 1. The van der Waals surface area contributed by atoms with Crippen LogP contribution >= 0.6 is 0 Å². The molecule has 5 heteroatoms. The lowest BCUT2D eigenvalue weighted by molar-refractivity contribution is -0.128. The number of rotatable bonds is 8. The molecule has 0 radical (unpaired) electrons. The molecule has 156 valence electrons. The first-order chi connectivity index (χ1) is 14.0. The van der Waals surface area contributed by atoms with Crippen LogP contribution in [-0.4, -0.2) is 43.2 Å². The van der Waals surface area contributed by atoms with Gasteiger partial charge in [-0.05, 0) is 63.1 Å². The number of likely N-dealkylation sites (tertiary alicyclic amines) is 1. The summed E-state index contributed by atoms with van der Waals surface area (Å²) in [7, 11) is 2.15. The first kappa shape index (κ1) is 21.2. The van der Waals surface area contributed by atoms with Crippen molar-refractivity contribution in [2.24, 2.45) is 0 Å². The second kappa shape index (κ2) is 10.3. The van der Waals surface area contributed by atoms with Gasteiger partial charge in [-0.2, -0.15) is 0 Å². The molecule has 0 bridgehead atoms. The lowest BCUT2D eigenvalue weighted by atomic mass is 10.1. The van der Waals surface area contributed by atoms with E-state index in [4.69, 9.17) is 9.47 Å². The van der Waals surface area contributed by atoms with E-state index in [0.29, 0.717) is 24.8 Å². The minimum atomic E-state index is -0.496. The second-order valence-electron chi connectivity index (χ2n) is 7.81. The largest absolute Gasteiger partial charge is 0.490 e. The molecular weight excluding hydrogens is 364 g/mol. The lowest BCUT2D eigenvalue weighted by Gasteiger charge is -2.29. The van der Waals surface area contributed by atoms with Gasteiger partial charge >= 0.3 is 0 Å². The number of carbonyl (C=O) groups excluding carboxylic acids is 1. The molecule has 2 aromatic carbocycles. The molecule has 1 heterocycles. The Morgan fingerprint density at radius 1 is 1.07 bits per heavy atom. The van der Waals surface area contributed by atoms with Gasteiger partial charge in [-0.25, -0.2) is 0 Å². The molecule has 0 aromatic heterocycles. The van der Waals surface area contributed by atoms with E-state index < -0.39 is 6.10 Å². The molecule has 29 heavy (non-hydrogen) atoms. The fourth-order valence-electron chi connectivity index (χ4n) is 3.39. The van der Waals surface area contributed by atoms with Crippen molar-refractivity contribution in [3.8, 4) is 11.5 Å². The molecule has 5 nitrogen and oxygen atoms in total. The zero-order valence-electron chi connectivity index (χ0n) is 17.7. The molecule has 1 N–H and O–H groups in total. The molecular formula is C24H32N2O3. The Balaban J connectivity index is 1.46. The van der Waals surface area contributed by atoms with Gasteiger partial charge in [-0.3, -0.25) is 4.79 Å². The summed E-state index contributed by atoms with van der Waals surface area (Å²) in [5.41, 5.74) is 2.21. The fraction of sp³-hybridized carbons (Fsp3) is 0.458. The first-order valence-electron chi connectivity index (χ1n) is 10.5. The van der Waals surface area contributed by atoms with Crippen molar-refractivity contribution in [2.75, 3.05) is 20.1 Å². The summed E-state index contributed by atoms with van der Waals surface area (Å²) in [4.78, 5) is 14.8. The Kier molecular flexibility index (Phi) is 7.53. The van der Waals surface area contributed by atoms with E-state index in [2.05, 4.69) is 17.3 Å². The van der Waals surface area contributed by atoms with Crippen molar-refractivity contribution in [3.05, 3.63) is 59.7 Å². The lowest BCUT2D eigenvalue weighted by Crippen LogP contribution is -2.37. The number of benzene rings is 2. The summed E-state index contributed by atoms with van der Waals surface area (Å²) < 4.78 is 11.9. The molecule has 3 rings (SSSR count). The summed E-state index contributed by atoms with van der Waals surface area (Å²) in [5, 5.41) is 2.98. The van der Waals surface area contributed by atoms with E-state index in [0.717, 1.165) is 42.8 Å². The number of hydrogen-bond donors (Lipinski definition) is 1. The number of carbonyl (C=O) groups is 1. The second-order valence-corrected chi connectivity index (χ2v) is 7.81. The third-order valence-electron chi connectivity index (χ3n) is 5.32. The quantitative estimate of drug-likeness (QED) is 0.734. The Bertz CT molecular complexity index is 766. The highest BCUT2D eigenvalue weighted by atomic mass is 16.5. The topological polar surface area (TPSA) is 50.8 Å². The molecule has 1 amide bonds. The summed E-state index contributed by atoms with van der Waals surface area (Å²) in [6, 6.07) is 15.7. The van der Waals surface area contributed by atoms with Crippen LogP contribution in [0.2, 0.25) is 0 Å². The van der Waals surface area contributed by atoms with E-state index in [-0.39, 0.29) is 5.91 Å². The average molecular weight is 397 g/mol. The molecule has 1 fully saturated rings. The van der Waals surface area contributed by atoms with Gasteiger partial charge in [0.2, 0.25) is 0 Å². The maximum absolute atomic E-state index is 12.5. The van der Waals surface area contributed by atoms with Gasteiger partial charge in [0.1, 0.15) is 17.6 Å². The highest BCUT2D eigenvalue weighted by Gasteiger charge is 2.19. The Morgan fingerprint density at radius 3 is 2.31 bits per heavy atom. The van der Waals surface area contributed by atoms with Crippen LogP contribution in [0.25, 0.3) is 0 Å². The number of nitrogens with zero attached hydrogens (tertiary/aromatic N) is 1. The number of piperidine rings is 1. The van der Waals surface area contributed by atoms with Gasteiger partial charge in [-0.15, -0.1) is 0 Å². The number of hydrogen-bond acceptors (Lipinski definition) is 4. The SMILES string of the molecule is CCC(Oc1ccc(C)cc1)C(=O)NCc1ccc(OC2CCN(C)CC2)cc1. The number of aryl methyl sites for hydroxylation is 1. The van der Waals surface area contributed by atoms with Gasteiger partial charge in [0.05, 0.1) is 0 Å². The fourth-order valence-corrected chi connectivity index (χ4v) is 3.39. The smallest absolute Gasteiger partial charge is 0.261 e. The van der Waals surface area contributed by atoms with E-state index in [1.165, 1.54) is 0 Å². The maximum Gasteiger partial charge on any atom is 0.261 e. The van der Waals surface area contributed by atoms with Crippen molar-refractivity contribution in [1.29, 1.82) is 0 Å². The molecule has 0 saturated carbocycles. The van der Waals surface area contributed by atoms with Gasteiger partial charge in [0.15, 0.2) is 6.10 Å². The van der Waals surface area contributed by atoms with Gasteiger partial charge < -0.3 is 19.7 Å². The Morgan fingerprint density at radius 2 is 1.69 bits per heavy atom. The monoisotopic (exact) mass is 396 g/mol. The predicted octanol–water partition coefficient (Wildman–Crippen LogP) is 3.94. The Hall–Kier alpha value is -2.53. The van der Waals surface area contributed by atoms with Gasteiger partial charge in [-0.1, -0.05) is 36.8 Å². The summed E-state index contributed by atoms with van der Waals surface area (Å²) in [6.07, 6.45) is 2.54. The zero-order chi connectivity index (χ0) is 20.6. The van der Waals surface area contributed by atoms with Crippen LogP contribution in [0, 0.1) is 6.92 Å². The zero-order valence-corrected chi connectivity index (χ0v) is 17.7. The molecule has 0 aliphatic carbocycles. The van der Waals surface area contributed by atoms with Crippen LogP contribution in [0.1, 0.15) is 37.3 Å². The minimum Gasteiger partial charge on any atom is -0.490 e. The van der Waals surface area contributed by atoms with Crippen LogP contribution in [0.4, 0.5) is 0 Å². The third kappa shape index (κ3) is 6.50. The summed E-state index contributed by atoms with van der Waals surface area (Å²) in [5.74, 6) is 1.51. The van der Waals surface area contributed by atoms with Crippen molar-refractivity contribution < 1.29 is 14.3 Å². The van der Waals surface area contributed by atoms with E-state index in [9.17, 15) is 4.79 Å². The molecule has 1 unspecified atom stereocenters. The third-order valence-corrected chi connectivity index (χ3v) is 5.32. The average Bonchev–Trinajstić information content (AvgIpc) is 2.74. The summed E-state index contributed by atoms with van der Waals surface area (Å²) in [6.45, 7) is 6.61. The Labute approximate surface area is 174 Å². The van der Waals surface area contributed by atoms with Crippen molar-refractivity contribution in [1.82, 2.24) is 10.2 Å². The van der Waals surface area contributed by atoms with Crippen LogP contribution < -0.4 is 14.8 Å². The van der Waals surface area contributed by atoms with Gasteiger partial charge in [0.25, 0.3) is 5.91 Å². The highest BCUT2D eigenvalue weighted by molar-refractivity contribution is 5.81. The molecule has 1 saturated heterocycles. The van der Waals surface area contributed by atoms with Crippen LogP contribution in [-0.2, 0) is 11.3 Å². The van der Waals surface area contributed by atoms with Crippen molar-refractivity contribution >= 4 is 5.91 Å². The van der Waals surface area contributed by atoms with E-state index in [1.807, 2.05) is 62.4 Å². The van der Waals surface area contributed by atoms with E-state index >= 15 is 0 Å².